The van der Waals surface area contributed by atoms with Gasteiger partial charge in [0.1, 0.15) is 23.3 Å². The highest BCUT2D eigenvalue weighted by Crippen LogP contribution is 2.15. The second kappa shape index (κ2) is 8.00. The summed E-state index contributed by atoms with van der Waals surface area (Å²) >= 11 is 0. The highest BCUT2D eigenvalue weighted by molar-refractivity contribution is 5.91. The maximum atomic E-state index is 13.5. The number of carbonyl (C=O) groups is 1. The second-order valence-corrected chi connectivity index (χ2v) is 6.00. The topological polar surface area (TPSA) is 59.8 Å². The fourth-order valence-electron chi connectivity index (χ4n) is 2.92. The van der Waals surface area contributed by atoms with E-state index in [0.29, 0.717) is 13.0 Å². The molecule has 0 atom stereocenters. The van der Waals surface area contributed by atoms with Gasteiger partial charge in [-0.1, -0.05) is 12.5 Å². The molecule has 132 valence electrons. The van der Waals surface area contributed by atoms with Gasteiger partial charge in [-0.2, -0.15) is 0 Å². The van der Waals surface area contributed by atoms with Gasteiger partial charge in [0.05, 0.1) is 0 Å². The van der Waals surface area contributed by atoms with Crippen molar-refractivity contribution in [2.24, 2.45) is 0 Å². The summed E-state index contributed by atoms with van der Waals surface area (Å²) in [6, 6.07) is 3.58. The number of hydrogen-bond acceptors (Lipinski definition) is 3. The van der Waals surface area contributed by atoms with Crippen LogP contribution in [0.1, 0.15) is 36.5 Å². The standard InChI is InChI=1S/C18H20F2N4O/c19-14-5-4-6-15(20)13(14)8-9-18(25)21-11-10-17-23-22-16-7-2-1-3-12-24(16)17/h4-6,8-9H,1-3,7,10-12H2,(H,21,25). The minimum Gasteiger partial charge on any atom is -0.352 e. The molecule has 1 aliphatic heterocycles. The Morgan fingerprint density at radius 2 is 2.00 bits per heavy atom. The van der Waals surface area contributed by atoms with Crippen LogP contribution in [0.25, 0.3) is 6.08 Å². The molecule has 5 nitrogen and oxygen atoms in total. The Morgan fingerprint density at radius 3 is 2.80 bits per heavy atom. The van der Waals surface area contributed by atoms with Crippen molar-refractivity contribution >= 4 is 12.0 Å². The summed E-state index contributed by atoms with van der Waals surface area (Å²) in [5.74, 6) is 0.0683. The molecule has 2 heterocycles. The summed E-state index contributed by atoms with van der Waals surface area (Å²) in [4.78, 5) is 11.8. The molecule has 0 radical (unpaired) electrons. The summed E-state index contributed by atoms with van der Waals surface area (Å²) < 4.78 is 29.1. The number of nitrogens with one attached hydrogen (secondary N) is 1. The molecule has 1 N–H and O–H groups in total. The molecule has 25 heavy (non-hydrogen) atoms. The zero-order valence-electron chi connectivity index (χ0n) is 13.8. The largest absolute Gasteiger partial charge is 0.352 e. The van der Waals surface area contributed by atoms with Gasteiger partial charge in [0.15, 0.2) is 0 Å². The predicted octanol–water partition coefficient (Wildman–Crippen LogP) is 2.65. The van der Waals surface area contributed by atoms with E-state index in [2.05, 4.69) is 20.1 Å². The molecular weight excluding hydrogens is 326 g/mol. The van der Waals surface area contributed by atoms with Crippen molar-refractivity contribution in [3.63, 3.8) is 0 Å². The molecule has 1 aliphatic rings. The Balaban J connectivity index is 1.53. The van der Waals surface area contributed by atoms with Crippen molar-refractivity contribution in [3.8, 4) is 0 Å². The number of nitrogens with zero attached hydrogens (tertiary/aromatic N) is 3. The first-order valence-corrected chi connectivity index (χ1v) is 8.46. The predicted molar refractivity (Wildman–Crippen MR) is 89.7 cm³/mol. The van der Waals surface area contributed by atoms with Gasteiger partial charge < -0.3 is 9.88 Å². The molecule has 0 saturated heterocycles. The lowest BCUT2D eigenvalue weighted by Gasteiger charge is -2.07. The van der Waals surface area contributed by atoms with E-state index in [0.717, 1.165) is 61.7 Å². The van der Waals surface area contributed by atoms with E-state index in [1.807, 2.05) is 0 Å². The van der Waals surface area contributed by atoms with Crippen LogP contribution in [0.2, 0.25) is 0 Å². The number of benzene rings is 1. The van der Waals surface area contributed by atoms with E-state index < -0.39 is 17.5 Å². The maximum Gasteiger partial charge on any atom is 0.244 e. The van der Waals surface area contributed by atoms with E-state index in [9.17, 15) is 13.6 Å². The first kappa shape index (κ1) is 17.3. The molecule has 0 saturated carbocycles. The third-order valence-electron chi connectivity index (χ3n) is 4.24. The summed E-state index contributed by atoms with van der Waals surface area (Å²) in [7, 11) is 0. The number of rotatable bonds is 5. The molecule has 1 aromatic heterocycles. The number of hydrogen-bond donors (Lipinski definition) is 1. The number of halogens is 2. The summed E-state index contributed by atoms with van der Waals surface area (Å²) in [6.07, 6.45) is 7.22. The number of fused-ring (bicyclic) bond motifs is 1. The van der Waals surface area contributed by atoms with Gasteiger partial charge in [0, 0.05) is 37.6 Å². The Morgan fingerprint density at radius 1 is 1.20 bits per heavy atom. The van der Waals surface area contributed by atoms with Crippen molar-refractivity contribution in [1.29, 1.82) is 0 Å². The molecule has 0 bridgehead atoms. The van der Waals surface area contributed by atoms with Crippen LogP contribution in [0.4, 0.5) is 8.78 Å². The molecule has 0 unspecified atom stereocenters. The van der Waals surface area contributed by atoms with Gasteiger partial charge >= 0.3 is 0 Å². The Kier molecular flexibility index (Phi) is 5.53. The Labute approximate surface area is 144 Å². The van der Waals surface area contributed by atoms with Crippen molar-refractivity contribution in [2.45, 2.75) is 38.6 Å². The molecule has 0 fully saturated rings. The van der Waals surface area contributed by atoms with E-state index >= 15 is 0 Å². The van der Waals surface area contributed by atoms with E-state index in [-0.39, 0.29) is 5.56 Å². The minimum atomic E-state index is -0.699. The van der Waals surface area contributed by atoms with Gasteiger partial charge in [-0.05, 0) is 31.1 Å². The van der Waals surface area contributed by atoms with Crippen LogP contribution in [0.15, 0.2) is 24.3 Å². The SMILES string of the molecule is O=C(C=Cc1c(F)cccc1F)NCCc1nnc2n1CCCCC2. The second-order valence-electron chi connectivity index (χ2n) is 6.00. The summed E-state index contributed by atoms with van der Waals surface area (Å²) in [6.45, 7) is 1.30. The highest BCUT2D eigenvalue weighted by atomic mass is 19.1. The van der Waals surface area contributed by atoms with Gasteiger partial charge in [-0.25, -0.2) is 8.78 Å². The number of amides is 1. The lowest BCUT2D eigenvalue weighted by molar-refractivity contribution is -0.116. The molecule has 2 aromatic rings. The lowest BCUT2D eigenvalue weighted by atomic mass is 10.2. The van der Waals surface area contributed by atoms with Gasteiger partial charge in [0.2, 0.25) is 5.91 Å². The zero-order valence-corrected chi connectivity index (χ0v) is 13.8. The highest BCUT2D eigenvalue weighted by Gasteiger charge is 2.14. The van der Waals surface area contributed by atoms with E-state index in [1.54, 1.807) is 0 Å². The van der Waals surface area contributed by atoms with Gasteiger partial charge in [-0.15, -0.1) is 10.2 Å². The van der Waals surface area contributed by atoms with Crippen molar-refractivity contribution in [1.82, 2.24) is 20.1 Å². The van der Waals surface area contributed by atoms with Crippen molar-refractivity contribution in [2.75, 3.05) is 6.54 Å². The van der Waals surface area contributed by atoms with Crippen LogP contribution < -0.4 is 5.32 Å². The van der Waals surface area contributed by atoms with Crippen LogP contribution >= 0.6 is 0 Å². The Bertz CT molecular complexity index is 765. The molecule has 0 spiro atoms. The maximum absolute atomic E-state index is 13.5. The van der Waals surface area contributed by atoms with Crippen LogP contribution in [0.3, 0.4) is 0 Å². The van der Waals surface area contributed by atoms with Crippen LogP contribution in [-0.4, -0.2) is 27.2 Å². The van der Waals surface area contributed by atoms with Crippen LogP contribution in [0.5, 0.6) is 0 Å². The first-order valence-electron chi connectivity index (χ1n) is 8.46. The quantitative estimate of drug-likeness (QED) is 0.847. The first-order chi connectivity index (χ1) is 12.1. The monoisotopic (exact) mass is 346 g/mol. The normalized spacial score (nSPS) is 14.3. The van der Waals surface area contributed by atoms with Crippen LogP contribution in [-0.2, 0) is 24.2 Å². The van der Waals surface area contributed by atoms with Crippen molar-refractivity contribution < 1.29 is 13.6 Å². The third kappa shape index (κ3) is 4.29. The fourth-order valence-corrected chi connectivity index (χ4v) is 2.92. The van der Waals surface area contributed by atoms with E-state index in [4.69, 9.17) is 0 Å². The molecule has 1 aromatic carbocycles. The smallest absolute Gasteiger partial charge is 0.244 e. The molecule has 7 heteroatoms. The number of aryl methyl sites for hydroxylation is 1. The number of aromatic nitrogens is 3. The number of carbonyl (C=O) groups excluding carboxylic acids is 1. The Hall–Kier alpha value is -2.57. The van der Waals surface area contributed by atoms with Crippen LogP contribution in [0, 0.1) is 11.6 Å². The van der Waals surface area contributed by atoms with Gasteiger partial charge in [-0.3, -0.25) is 4.79 Å². The van der Waals surface area contributed by atoms with Crippen molar-refractivity contribution in [3.05, 3.63) is 53.1 Å². The molecular formula is C18H20F2N4O. The fraction of sp³-hybridized carbons (Fsp3) is 0.389. The zero-order chi connectivity index (χ0) is 17.6. The van der Waals surface area contributed by atoms with E-state index in [1.165, 1.54) is 12.5 Å². The average Bonchev–Trinajstić information content (AvgIpc) is 2.82. The molecule has 3 rings (SSSR count). The average molecular weight is 346 g/mol. The summed E-state index contributed by atoms with van der Waals surface area (Å²) in [5.41, 5.74) is -0.222. The lowest BCUT2D eigenvalue weighted by Crippen LogP contribution is -2.24. The third-order valence-corrected chi connectivity index (χ3v) is 4.24. The minimum absolute atomic E-state index is 0.222. The molecule has 1 amide bonds. The van der Waals surface area contributed by atoms with Gasteiger partial charge in [0.25, 0.3) is 0 Å². The summed E-state index contributed by atoms with van der Waals surface area (Å²) in [5, 5.41) is 11.1. The molecule has 0 aliphatic carbocycles.